The third kappa shape index (κ3) is 4.00. The second-order valence-corrected chi connectivity index (χ2v) is 5.48. The normalized spacial score (nSPS) is 14.3. The van der Waals surface area contributed by atoms with Crippen LogP contribution < -0.4 is 5.32 Å². The molecule has 0 saturated carbocycles. The van der Waals surface area contributed by atoms with E-state index in [2.05, 4.69) is 12.2 Å². The fraction of sp³-hybridized carbons (Fsp3) is 0.600. The number of rotatable bonds is 7. The van der Waals surface area contributed by atoms with Crippen molar-refractivity contribution >= 4 is 5.69 Å². The fourth-order valence-electron chi connectivity index (χ4n) is 2.60. The molecule has 1 rings (SSSR count). The number of hydrogen-bond acceptors (Lipinski definition) is 3. The number of hydrogen-bond donors (Lipinski definition) is 1. The van der Waals surface area contributed by atoms with Crippen molar-refractivity contribution in [3.63, 3.8) is 0 Å². The van der Waals surface area contributed by atoms with Crippen LogP contribution in [0.5, 0.6) is 0 Å². The fourth-order valence-corrected chi connectivity index (χ4v) is 2.60. The van der Waals surface area contributed by atoms with Crippen LogP contribution in [0.2, 0.25) is 0 Å². The van der Waals surface area contributed by atoms with Crippen molar-refractivity contribution in [3.8, 4) is 0 Å². The first-order valence-electron chi connectivity index (χ1n) is 7.05. The smallest absolute Gasteiger partial charge is 0.272 e. The Morgan fingerprint density at radius 2 is 2.00 bits per heavy atom. The van der Waals surface area contributed by atoms with Crippen LogP contribution in [0.25, 0.3) is 0 Å². The van der Waals surface area contributed by atoms with Gasteiger partial charge in [-0.2, -0.15) is 0 Å². The molecule has 0 fully saturated rings. The van der Waals surface area contributed by atoms with E-state index >= 15 is 0 Å². The predicted octanol–water partition coefficient (Wildman–Crippen LogP) is 3.86. The largest absolute Gasteiger partial charge is 0.314 e. The molecule has 0 amide bonds. The first-order chi connectivity index (χ1) is 9.38. The molecule has 112 valence electrons. The quantitative estimate of drug-likeness (QED) is 0.610. The lowest BCUT2D eigenvalue weighted by atomic mass is 9.82. The molecule has 0 radical (unpaired) electrons. The SMILES string of the molecule is CCCNC(C)C(c1ccc([N+](=O)[O-])cc1F)C(C)C. The summed E-state index contributed by atoms with van der Waals surface area (Å²) >= 11 is 0. The van der Waals surface area contributed by atoms with E-state index in [0.29, 0.717) is 5.56 Å². The van der Waals surface area contributed by atoms with Gasteiger partial charge in [-0.1, -0.05) is 20.8 Å². The van der Waals surface area contributed by atoms with Crippen LogP contribution in [0.1, 0.15) is 45.6 Å². The zero-order valence-corrected chi connectivity index (χ0v) is 12.5. The van der Waals surface area contributed by atoms with Crippen LogP contribution in [-0.4, -0.2) is 17.5 Å². The number of nitro benzene ring substituents is 1. The Kier molecular flexibility index (Phi) is 6.07. The number of nitrogens with zero attached hydrogens (tertiary/aromatic N) is 1. The molecular formula is C15H23FN2O2. The molecule has 0 spiro atoms. The Balaban J connectivity index is 3.06. The monoisotopic (exact) mass is 282 g/mol. The first kappa shape index (κ1) is 16.6. The molecule has 20 heavy (non-hydrogen) atoms. The Bertz CT molecular complexity index is 463. The lowest BCUT2D eigenvalue weighted by Gasteiger charge is -2.29. The van der Waals surface area contributed by atoms with Crippen molar-refractivity contribution in [2.75, 3.05) is 6.54 Å². The van der Waals surface area contributed by atoms with Crippen molar-refractivity contribution in [1.29, 1.82) is 0 Å². The van der Waals surface area contributed by atoms with E-state index in [9.17, 15) is 14.5 Å². The molecule has 0 saturated heterocycles. The zero-order valence-electron chi connectivity index (χ0n) is 12.5. The molecule has 0 aliphatic heterocycles. The summed E-state index contributed by atoms with van der Waals surface area (Å²) in [4.78, 5) is 10.1. The molecule has 2 unspecified atom stereocenters. The maximum atomic E-state index is 14.2. The van der Waals surface area contributed by atoms with Crippen LogP contribution in [-0.2, 0) is 0 Å². The van der Waals surface area contributed by atoms with Gasteiger partial charge in [0.05, 0.1) is 11.0 Å². The Morgan fingerprint density at radius 3 is 2.45 bits per heavy atom. The van der Waals surface area contributed by atoms with E-state index in [1.165, 1.54) is 6.07 Å². The summed E-state index contributed by atoms with van der Waals surface area (Å²) in [5.41, 5.74) is 0.338. The van der Waals surface area contributed by atoms with Gasteiger partial charge >= 0.3 is 0 Å². The van der Waals surface area contributed by atoms with Gasteiger partial charge in [0.1, 0.15) is 5.82 Å². The van der Waals surface area contributed by atoms with Gasteiger partial charge in [-0.25, -0.2) is 4.39 Å². The highest BCUT2D eigenvalue weighted by Crippen LogP contribution is 2.31. The number of non-ortho nitro benzene ring substituents is 1. The second-order valence-electron chi connectivity index (χ2n) is 5.48. The molecule has 1 N–H and O–H groups in total. The molecule has 1 aromatic rings. The van der Waals surface area contributed by atoms with E-state index in [4.69, 9.17) is 0 Å². The number of nitro groups is 1. The molecule has 2 atom stereocenters. The first-order valence-corrected chi connectivity index (χ1v) is 7.05. The topological polar surface area (TPSA) is 55.2 Å². The van der Waals surface area contributed by atoms with Gasteiger partial charge in [0.2, 0.25) is 0 Å². The van der Waals surface area contributed by atoms with E-state index in [1.54, 1.807) is 6.07 Å². The Morgan fingerprint density at radius 1 is 1.35 bits per heavy atom. The van der Waals surface area contributed by atoms with Crippen LogP contribution >= 0.6 is 0 Å². The molecule has 4 nitrogen and oxygen atoms in total. The molecule has 0 heterocycles. The summed E-state index contributed by atoms with van der Waals surface area (Å²) in [5, 5.41) is 14.0. The van der Waals surface area contributed by atoms with Crippen molar-refractivity contribution in [2.45, 2.75) is 46.1 Å². The maximum Gasteiger partial charge on any atom is 0.272 e. The molecule has 0 aliphatic carbocycles. The van der Waals surface area contributed by atoms with Crippen molar-refractivity contribution in [2.24, 2.45) is 5.92 Å². The maximum absolute atomic E-state index is 14.2. The number of nitrogens with one attached hydrogen (secondary N) is 1. The molecule has 5 heteroatoms. The van der Waals surface area contributed by atoms with E-state index in [0.717, 1.165) is 19.0 Å². The zero-order chi connectivity index (χ0) is 15.3. The van der Waals surface area contributed by atoms with Gasteiger partial charge < -0.3 is 5.32 Å². The van der Waals surface area contributed by atoms with Gasteiger partial charge in [0.25, 0.3) is 5.69 Å². The molecule has 0 aromatic heterocycles. The van der Waals surface area contributed by atoms with Crippen LogP contribution in [0, 0.1) is 21.8 Å². The Labute approximate surface area is 119 Å². The van der Waals surface area contributed by atoms with Crippen LogP contribution in [0.15, 0.2) is 18.2 Å². The summed E-state index contributed by atoms with van der Waals surface area (Å²) in [5.74, 6) is -0.268. The average molecular weight is 282 g/mol. The predicted molar refractivity (Wildman–Crippen MR) is 78.4 cm³/mol. The van der Waals surface area contributed by atoms with Gasteiger partial charge in [0, 0.05) is 18.0 Å². The van der Waals surface area contributed by atoms with Gasteiger partial charge in [0.15, 0.2) is 0 Å². The van der Waals surface area contributed by atoms with Crippen molar-refractivity contribution in [1.82, 2.24) is 5.32 Å². The third-order valence-corrected chi connectivity index (χ3v) is 3.53. The summed E-state index contributed by atoms with van der Waals surface area (Å²) in [6.07, 6.45) is 1.01. The van der Waals surface area contributed by atoms with E-state index in [1.807, 2.05) is 20.8 Å². The van der Waals surface area contributed by atoms with Crippen molar-refractivity contribution < 1.29 is 9.31 Å². The Hall–Kier alpha value is -1.49. The van der Waals surface area contributed by atoms with Crippen LogP contribution in [0.3, 0.4) is 0 Å². The number of halogens is 1. The number of benzene rings is 1. The van der Waals surface area contributed by atoms with Gasteiger partial charge in [-0.3, -0.25) is 10.1 Å². The summed E-state index contributed by atoms with van der Waals surface area (Å²) in [7, 11) is 0. The molecule has 1 aromatic carbocycles. The van der Waals surface area contributed by atoms with Gasteiger partial charge in [-0.15, -0.1) is 0 Å². The summed E-state index contributed by atoms with van der Waals surface area (Å²) in [6.45, 7) is 9.06. The third-order valence-electron chi connectivity index (χ3n) is 3.53. The highest BCUT2D eigenvalue weighted by molar-refractivity contribution is 5.36. The summed E-state index contributed by atoms with van der Waals surface area (Å²) in [6, 6.07) is 4.05. The standard InChI is InChI=1S/C15H23FN2O2/c1-5-8-17-11(4)15(10(2)3)13-7-6-12(18(19)20)9-14(13)16/h6-7,9-11,15,17H,5,8H2,1-4H3. The van der Waals surface area contributed by atoms with Gasteiger partial charge in [-0.05, 0) is 37.4 Å². The lowest BCUT2D eigenvalue weighted by Crippen LogP contribution is -2.35. The molecule has 0 aliphatic rings. The van der Waals surface area contributed by atoms with Crippen molar-refractivity contribution in [3.05, 3.63) is 39.7 Å². The molecular weight excluding hydrogens is 259 g/mol. The molecule has 0 bridgehead atoms. The average Bonchev–Trinajstić information content (AvgIpc) is 2.37. The van der Waals surface area contributed by atoms with Crippen LogP contribution in [0.4, 0.5) is 10.1 Å². The minimum atomic E-state index is -0.573. The minimum Gasteiger partial charge on any atom is -0.314 e. The minimum absolute atomic E-state index is 0.0117. The lowest BCUT2D eigenvalue weighted by molar-refractivity contribution is -0.385. The highest BCUT2D eigenvalue weighted by atomic mass is 19.1. The second kappa shape index (κ2) is 7.33. The summed E-state index contributed by atoms with van der Waals surface area (Å²) < 4.78 is 14.2. The van der Waals surface area contributed by atoms with E-state index in [-0.39, 0.29) is 23.6 Å². The highest BCUT2D eigenvalue weighted by Gasteiger charge is 2.26. The van der Waals surface area contributed by atoms with E-state index < -0.39 is 10.7 Å².